The molecule has 156 valence electrons. The van der Waals surface area contributed by atoms with Gasteiger partial charge in [-0.2, -0.15) is 11.8 Å². The molecule has 0 bridgehead atoms. The number of hydrogen-bond donors (Lipinski definition) is 2. The lowest BCUT2D eigenvalue weighted by Crippen LogP contribution is -2.36. The maximum Gasteiger partial charge on any atom is 0.191 e. The van der Waals surface area contributed by atoms with Crippen LogP contribution in [-0.2, 0) is 13.1 Å². The number of aryl methyl sites for hydroxylation is 1. The van der Waals surface area contributed by atoms with Gasteiger partial charge in [-0.1, -0.05) is 24.3 Å². The van der Waals surface area contributed by atoms with Crippen molar-refractivity contribution in [2.45, 2.75) is 26.9 Å². The fourth-order valence-electron chi connectivity index (χ4n) is 3.32. The molecular weight excluding hydrogens is 380 g/mol. The molecule has 0 saturated carbocycles. The summed E-state index contributed by atoms with van der Waals surface area (Å²) >= 11 is 2.04. The van der Waals surface area contributed by atoms with Crippen LogP contribution in [0.5, 0.6) is 5.75 Å². The summed E-state index contributed by atoms with van der Waals surface area (Å²) < 4.78 is 5.50. The van der Waals surface area contributed by atoms with Crippen molar-refractivity contribution in [1.82, 2.24) is 10.6 Å². The number of rotatable bonds is 7. The van der Waals surface area contributed by atoms with E-state index in [4.69, 9.17) is 9.73 Å². The van der Waals surface area contributed by atoms with Crippen molar-refractivity contribution in [3.63, 3.8) is 0 Å². The van der Waals surface area contributed by atoms with Crippen molar-refractivity contribution in [3.8, 4) is 5.75 Å². The fraction of sp³-hybridized carbons (Fsp3) is 0.435. The molecule has 2 N–H and O–H groups in total. The van der Waals surface area contributed by atoms with Crippen molar-refractivity contribution in [2.75, 3.05) is 43.1 Å². The minimum Gasteiger partial charge on any atom is -0.496 e. The van der Waals surface area contributed by atoms with Gasteiger partial charge in [-0.3, -0.25) is 0 Å². The molecule has 1 saturated heterocycles. The number of methoxy groups -OCH3 is 1. The summed E-state index contributed by atoms with van der Waals surface area (Å²) in [5.74, 6) is 4.15. The maximum atomic E-state index is 5.50. The number of benzene rings is 2. The Hall–Kier alpha value is -2.34. The third-order valence-corrected chi connectivity index (χ3v) is 5.91. The van der Waals surface area contributed by atoms with Crippen LogP contribution in [-0.4, -0.2) is 44.2 Å². The zero-order chi connectivity index (χ0) is 20.5. The Morgan fingerprint density at radius 3 is 2.55 bits per heavy atom. The molecular formula is C23H32N4OS. The minimum absolute atomic E-state index is 0.649. The predicted octanol–water partition coefficient (Wildman–Crippen LogP) is 3.81. The molecule has 2 aromatic carbocycles. The van der Waals surface area contributed by atoms with Crippen LogP contribution < -0.4 is 20.3 Å². The average Bonchev–Trinajstić information content (AvgIpc) is 2.77. The molecule has 0 spiro atoms. The maximum absolute atomic E-state index is 5.50. The van der Waals surface area contributed by atoms with Crippen LogP contribution >= 0.6 is 11.8 Å². The molecule has 0 atom stereocenters. The van der Waals surface area contributed by atoms with Gasteiger partial charge >= 0.3 is 0 Å². The summed E-state index contributed by atoms with van der Waals surface area (Å²) in [7, 11) is 1.71. The smallest absolute Gasteiger partial charge is 0.191 e. The van der Waals surface area contributed by atoms with Gasteiger partial charge in [0.25, 0.3) is 0 Å². The van der Waals surface area contributed by atoms with Gasteiger partial charge in [0.2, 0.25) is 0 Å². The van der Waals surface area contributed by atoms with E-state index in [-0.39, 0.29) is 0 Å². The quantitative estimate of drug-likeness (QED) is 0.535. The first-order valence-corrected chi connectivity index (χ1v) is 11.4. The SMILES string of the molecule is CCNC(=NCc1ccc(N2CCSCC2)cc1)NCc1ccc(C)cc1OC. The lowest BCUT2D eigenvalue weighted by atomic mass is 10.1. The third kappa shape index (κ3) is 6.32. The largest absolute Gasteiger partial charge is 0.496 e. The van der Waals surface area contributed by atoms with E-state index in [0.29, 0.717) is 13.1 Å². The first kappa shape index (κ1) is 21.4. The first-order valence-electron chi connectivity index (χ1n) is 10.3. The third-order valence-electron chi connectivity index (χ3n) is 4.97. The van der Waals surface area contributed by atoms with E-state index in [1.807, 2.05) is 11.8 Å². The predicted molar refractivity (Wildman–Crippen MR) is 125 cm³/mol. The van der Waals surface area contributed by atoms with Crippen LogP contribution in [0.15, 0.2) is 47.5 Å². The monoisotopic (exact) mass is 412 g/mol. The Bertz CT molecular complexity index is 801. The van der Waals surface area contributed by atoms with Crippen LogP contribution in [0.25, 0.3) is 0 Å². The van der Waals surface area contributed by atoms with Crippen LogP contribution in [0.1, 0.15) is 23.6 Å². The average molecular weight is 413 g/mol. The molecule has 1 fully saturated rings. The van der Waals surface area contributed by atoms with Gasteiger partial charge in [0.05, 0.1) is 13.7 Å². The highest BCUT2D eigenvalue weighted by atomic mass is 32.2. The summed E-state index contributed by atoms with van der Waals surface area (Å²) in [5.41, 5.74) is 4.84. The van der Waals surface area contributed by atoms with Crippen molar-refractivity contribution >= 4 is 23.4 Å². The lowest BCUT2D eigenvalue weighted by molar-refractivity contribution is 0.408. The Morgan fingerprint density at radius 2 is 1.86 bits per heavy atom. The number of nitrogens with one attached hydrogen (secondary N) is 2. The van der Waals surface area contributed by atoms with E-state index < -0.39 is 0 Å². The van der Waals surface area contributed by atoms with E-state index in [1.54, 1.807) is 7.11 Å². The van der Waals surface area contributed by atoms with E-state index >= 15 is 0 Å². The molecule has 1 aliphatic rings. The molecule has 0 unspecified atom stereocenters. The van der Waals surface area contributed by atoms with E-state index in [1.165, 1.54) is 28.3 Å². The Balaban J connectivity index is 1.60. The van der Waals surface area contributed by atoms with Crippen LogP contribution in [0.4, 0.5) is 5.69 Å². The highest BCUT2D eigenvalue weighted by molar-refractivity contribution is 7.99. The molecule has 1 heterocycles. The molecule has 3 rings (SSSR count). The summed E-state index contributed by atoms with van der Waals surface area (Å²) in [6.07, 6.45) is 0. The lowest BCUT2D eigenvalue weighted by Gasteiger charge is -2.28. The van der Waals surface area contributed by atoms with Gasteiger partial charge in [0.15, 0.2) is 5.96 Å². The fourth-order valence-corrected chi connectivity index (χ4v) is 4.23. The molecule has 0 radical (unpaired) electrons. The molecule has 0 aromatic heterocycles. The van der Waals surface area contributed by atoms with E-state index in [2.05, 4.69) is 71.8 Å². The number of ether oxygens (including phenoxy) is 1. The molecule has 6 heteroatoms. The highest BCUT2D eigenvalue weighted by Gasteiger charge is 2.10. The minimum atomic E-state index is 0.649. The van der Waals surface area contributed by atoms with Crippen LogP contribution in [0.2, 0.25) is 0 Å². The summed E-state index contributed by atoms with van der Waals surface area (Å²) in [6.45, 7) is 8.56. The topological polar surface area (TPSA) is 48.9 Å². The zero-order valence-corrected chi connectivity index (χ0v) is 18.5. The molecule has 29 heavy (non-hydrogen) atoms. The Morgan fingerprint density at radius 1 is 1.10 bits per heavy atom. The van der Waals surface area contributed by atoms with E-state index in [9.17, 15) is 0 Å². The molecule has 0 amide bonds. The summed E-state index contributed by atoms with van der Waals surface area (Å²) in [6, 6.07) is 15.1. The number of anilines is 1. The summed E-state index contributed by atoms with van der Waals surface area (Å²) in [4.78, 5) is 7.21. The second-order valence-electron chi connectivity index (χ2n) is 7.13. The first-order chi connectivity index (χ1) is 14.2. The zero-order valence-electron chi connectivity index (χ0n) is 17.7. The normalized spacial score (nSPS) is 14.6. The molecule has 0 aliphatic carbocycles. The van der Waals surface area contributed by atoms with Gasteiger partial charge in [0.1, 0.15) is 5.75 Å². The molecule has 2 aromatic rings. The standard InChI is InChI=1S/C23H32N4OS/c1-4-24-23(26-17-20-8-5-18(2)15-22(20)28-3)25-16-19-6-9-21(10-7-19)27-11-13-29-14-12-27/h5-10,15H,4,11-14,16-17H2,1-3H3,(H2,24,25,26). The van der Waals surface area contributed by atoms with Crippen molar-refractivity contribution in [1.29, 1.82) is 0 Å². The summed E-state index contributed by atoms with van der Waals surface area (Å²) in [5, 5.41) is 6.74. The number of aliphatic imine (C=N–C) groups is 1. The number of nitrogens with zero attached hydrogens (tertiary/aromatic N) is 2. The molecule has 5 nitrogen and oxygen atoms in total. The van der Waals surface area contributed by atoms with Gasteiger partial charge in [-0.15, -0.1) is 0 Å². The second kappa shape index (κ2) is 11.0. The Labute approximate surface area is 178 Å². The van der Waals surface area contributed by atoms with Gasteiger partial charge in [-0.05, 0) is 43.2 Å². The van der Waals surface area contributed by atoms with Gasteiger partial charge in [0, 0.05) is 48.9 Å². The van der Waals surface area contributed by atoms with Crippen molar-refractivity contribution in [2.24, 2.45) is 4.99 Å². The van der Waals surface area contributed by atoms with Gasteiger partial charge in [-0.25, -0.2) is 4.99 Å². The Kier molecular flexibility index (Phi) is 8.11. The molecule has 1 aliphatic heterocycles. The number of hydrogen-bond acceptors (Lipinski definition) is 4. The van der Waals surface area contributed by atoms with Crippen LogP contribution in [0, 0.1) is 6.92 Å². The van der Waals surface area contributed by atoms with Crippen molar-refractivity contribution in [3.05, 3.63) is 59.2 Å². The highest BCUT2D eigenvalue weighted by Crippen LogP contribution is 2.21. The second-order valence-corrected chi connectivity index (χ2v) is 8.35. The number of thioether (sulfide) groups is 1. The van der Waals surface area contributed by atoms with Crippen molar-refractivity contribution < 1.29 is 4.74 Å². The van der Waals surface area contributed by atoms with Crippen LogP contribution in [0.3, 0.4) is 0 Å². The number of guanidine groups is 1. The van der Waals surface area contributed by atoms with Gasteiger partial charge < -0.3 is 20.3 Å². The van der Waals surface area contributed by atoms with E-state index in [0.717, 1.165) is 36.9 Å².